The first-order valence-corrected chi connectivity index (χ1v) is 21.1. The molecule has 0 heterocycles. The van der Waals surface area contributed by atoms with Gasteiger partial charge in [-0.2, -0.15) is 0 Å². The van der Waals surface area contributed by atoms with Crippen molar-refractivity contribution in [2.75, 3.05) is 26.4 Å². The molecule has 0 spiro atoms. The van der Waals surface area contributed by atoms with E-state index in [9.17, 15) is 24.2 Å². The molecule has 0 aliphatic heterocycles. The average molecular weight is 743 g/mol. The molecule has 0 rings (SSSR count). The highest BCUT2D eigenvalue weighted by Crippen LogP contribution is 2.43. The summed E-state index contributed by atoms with van der Waals surface area (Å²) in [5.41, 5.74) is 0. The van der Waals surface area contributed by atoms with E-state index in [0.717, 1.165) is 64.2 Å². The quantitative estimate of drug-likeness (QED) is 0.0245. The van der Waals surface area contributed by atoms with Crippen molar-refractivity contribution in [1.29, 1.82) is 0 Å². The van der Waals surface area contributed by atoms with Gasteiger partial charge in [-0.15, -0.1) is 0 Å². The Morgan fingerprint density at radius 1 is 0.588 bits per heavy atom. The van der Waals surface area contributed by atoms with Gasteiger partial charge in [-0.25, -0.2) is 4.57 Å². The van der Waals surface area contributed by atoms with Crippen LogP contribution >= 0.6 is 7.82 Å². The molecule has 0 aliphatic rings. The van der Waals surface area contributed by atoms with Gasteiger partial charge in [-0.3, -0.25) is 18.6 Å². The third-order valence-corrected chi connectivity index (χ3v) is 8.92. The Kier molecular flexibility index (Phi) is 34.8. The number of carbonyl (C=O) groups is 2. The number of rotatable bonds is 36. The first-order valence-electron chi connectivity index (χ1n) is 19.6. The minimum absolute atomic E-state index is 0.177. The van der Waals surface area contributed by atoms with Crippen molar-refractivity contribution >= 4 is 19.8 Å². The number of phosphoric ester groups is 1. The van der Waals surface area contributed by atoms with Crippen molar-refractivity contribution < 1.29 is 47.8 Å². The van der Waals surface area contributed by atoms with Gasteiger partial charge < -0.3 is 24.6 Å². The summed E-state index contributed by atoms with van der Waals surface area (Å²) < 4.78 is 32.6. The SMILES string of the molecule is CCC/C=C/C/C=C/C/C=C/C/C=C/CCCCCC(=O)OC[C@@H](COP(=O)(O)OC[C@H](O)CO)OC(=O)CCCCCCCCCCCCC. The lowest BCUT2D eigenvalue weighted by Crippen LogP contribution is -2.29. The van der Waals surface area contributed by atoms with Crippen LogP contribution in [0, 0.1) is 0 Å². The molecule has 0 radical (unpaired) electrons. The van der Waals surface area contributed by atoms with E-state index in [1.54, 1.807) is 0 Å². The number of hydrogen-bond donors (Lipinski definition) is 3. The second-order valence-corrected chi connectivity index (χ2v) is 14.4. The maximum Gasteiger partial charge on any atom is 0.472 e. The van der Waals surface area contributed by atoms with Crippen LogP contribution in [0.3, 0.4) is 0 Å². The maximum atomic E-state index is 12.5. The van der Waals surface area contributed by atoms with Crippen molar-refractivity contribution in [1.82, 2.24) is 0 Å². The van der Waals surface area contributed by atoms with Gasteiger partial charge in [0.25, 0.3) is 0 Å². The fraction of sp³-hybridized carbons (Fsp3) is 0.750. The monoisotopic (exact) mass is 742 g/mol. The van der Waals surface area contributed by atoms with Gasteiger partial charge in [-0.1, -0.05) is 140 Å². The predicted molar refractivity (Wildman–Crippen MR) is 205 cm³/mol. The van der Waals surface area contributed by atoms with Crippen molar-refractivity contribution in [2.24, 2.45) is 0 Å². The van der Waals surface area contributed by atoms with E-state index in [-0.39, 0.29) is 19.4 Å². The number of unbranched alkanes of at least 4 members (excludes halogenated alkanes) is 14. The summed E-state index contributed by atoms with van der Waals surface area (Å²) in [6, 6.07) is 0. The third kappa shape index (κ3) is 36.1. The van der Waals surface area contributed by atoms with E-state index in [1.807, 2.05) is 0 Å². The summed E-state index contributed by atoms with van der Waals surface area (Å²) in [4.78, 5) is 34.8. The number of phosphoric acid groups is 1. The van der Waals surface area contributed by atoms with Gasteiger partial charge in [0.2, 0.25) is 0 Å². The van der Waals surface area contributed by atoms with Gasteiger partial charge >= 0.3 is 19.8 Å². The van der Waals surface area contributed by atoms with E-state index in [2.05, 4.69) is 67.0 Å². The number of ether oxygens (including phenoxy) is 2. The molecule has 51 heavy (non-hydrogen) atoms. The molecule has 0 amide bonds. The van der Waals surface area contributed by atoms with E-state index in [0.29, 0.717) is 12.8 Å². The van der Waals surface area contributed by atoms with Crippen molar-refractivity contribution in [3.8, 4) is 0 Å². The van der Waals surface area contributed by atoms with Crippen LogP contribution in [0.1, 0.15) is 155 Å². The standard InChI is InChI=1S/C40H71O10P/c1-3-5-7-9-11-13-15-16-17-18-19-20-22-23-25-27-29-31-39(43)47-35-38(36-49-51(45,46)48-34-37(42)33-41)50-40(44)32-30-28-26-24-21-14-12-10-8-6-4-2/h7,9,13,15,17-18,20,22,37-38,41-42H,3-6,8,10-12,14,16,19,21,23-36H2,1-2H3,(H,45,46)/b9-7+,15-13+,18-17+,22-20+/t37-,38+/m1/s1. The van der Waals surface area contributed by atoms with Gasteiger partial charge in [0.15, 0.2) is 6.10 Å². The Morgan fingerprint density at radius 2 is 1.06 bits per heavy atom. The fourth-order valence-electron chi connectivity index (χ4n) is 4.92. The molecule has 0 aromatic heterocycles. The minimum atomic E-state index is -4.62. The molecule has 0 saturated heterocycles. The summed E-state index contributed by atoms with van der Waals surface area (Å²) in [5.74, 6) is -0.964. The Labute approximate surface area is 309 Å². The smallest absolute Gasteiger partial charge is 0.462 e. The van der Waals surface area contributed by atoms with E-state index >= 15 is 0 Å². The third-order valence-electron chi connectivity index (χ3n) is 7.97. The number of hydrogen-bond acceptors (Lipinski definition) is 9. The lowest BCUT2D eigenvalue weighted by atomic mass is 10.1. The molecule has 0 aliphatic carbocycles. The molecule has 0 fully saturated rings. The Balaban J connectivity index is 4.40. The second kappa shape index (κ2) is 36.3. The van der Waals surface area contributed by atoms with Gasteiger partial charge in [0.1, 0.15) is 12.7 Å². The molecular weight excluding hydrogens is 671 g/mol. The van der Waals surface area contributed by atoms with Gasteiger partial charge in [0.05, 0.1) is 19.8 Å². The molecular formula is C40H71O10P. The number of aliphatic hydroxyl groups is 2. The Morgan fingerprint density at radius 3 is 1.61 bits per heavy atom. The predicted octanol–water partition coefficient (Wildman–Crippen LogP) is 9.78. The minimum Gasteiger partial charge on any atom is -0.462 e. The molecule has 3 atom stereocenters. The van der Waals surface area contributed by atoms with Crippen molar-refractivity contribution in [3.05, 3.63) is 48.6 Å². The topological polar surface area (TPSA) is 149 Å². The van der Waals surface area contributed by atoms with Crippen LogP contribution in [-0.2, 0) is 32.7 Å². The highest BCUT2D eigenvalue weighted by molar-refractivity contribution is 7.47. The lowest BCUT2D eigenvalue weighted by molar-refractivity contribution is -0.161. The zero-order chi connectivity index (χ0) is 37.7. The van der Waals surface area contributed by atoms with E-state index in [1.165, 1.54) is 51.4 Å². The van der Waals surface area contributed by atoms with Crippen LogP contribution in [0.15, 0.2) is 48.6 Å². The summed E-state index contributed by atoms with van der Waals surface area (Å²) in [7, 11) is -4.62. The summed E-state index contributed by atoms with van der Waals surface area (Å²) in [6.45, 7) is 2.25. The number of aliphatic hydroxyl groups excluding tert-OH is 2. The molecule has 11 heteroatoms. The largest absolute Gasteiger partial charge is 0.472 e. The van der Waals surface area contributed by atoms with Crippen LogP contribution in [0.2, 0.25) is 0 Å². The zero-order valence-electron chi connectivity index (χ0n) is 31.8. The van der Waals surface area contributed by atoms with Crippen molar-refractivity contribution in [2.45, 2.75) is 167 Å². The highest BCUT2D eigenvalue weighted by atomic mass is 31.2. The first kappa shape index (κ1) is 48.9. The number of carbonyl (C=O) groups excluding carboxylic acids is 2. The summed E-state index contributed by atoms with van der Waals surface area (Å²) in [6.07, 6.45) is 36.5. The van der Waals surface area contributed by atoms with Gasteiger partial charge in [0, 0.05) is 12.8 Å². The molecule has 0 saturated carbocycles. The summed E-state index contributed by atoms with van der Waals surface area (Å²) in [5, 5.41) is 18.3. The number of allylic oxidation sites excluding steroid dienone is 8. The molecule has 1 unspecified atom stereocenters. The normalized spacial score (nSPS) is 14.5. The Hall–Kier alpha value is -2.07. The Bertz CT molecular complexity index is 994. The highest BCUT2D eigenvalue weighted by Gasteiger charge is 2.27. The molecule has 0 bridgehead atoms. The number of esters is 2. The van der Waals surface area contributed by atoms with Crippen LogP contribution in [-0.4, -0.2) is 65.7 Å². The maximum absolute atomic E-state index is 12.5. The zero-order valence-corrected chi connectivity index (χ0v) is 32.7. The fourth-order valence-corrected chi connectivity index (χ4v) is 5.71. The van der Waals surface area contributed by atoms with Crippen LogP contribution < -0.4 is 0 Å². The second-order valence-electron chi connectivity index (χ2n) is 13.0. The molecule has 0 aromatic carbocycles. The van der Waals surface area contributed by atoms with E-state index in [4.69, 9.17) is 19.1 Å². The van der Waals surface area contributed by atoms with Crippen LogP contribution in [0.25, 0.3) is 0 Å². The first-order chi connectivity index (χ1) is 24.7. The summed E-state index contributed by atoms with van der Waals surface area (Å²) >= 11 is 0. The van der Waals surface area contributed by atoms with E-state index < -0.39 is 51.8 Å². The lowest BCUT2D eigenvalue weighted by Gasteiger charge is -2.20. The average Bonchev–Trinajstić information content (AvgIpc) is 3.12. The molecule has 296 valence electrons. The van der Waals surface area contributed by atoms with Crippen LogP contribution in [0.5, 0.6) is 0 Å². The molecule has 3 N–H and O–H groups in total. The van der Waals surface area contributed by atoms with Crippen LogP contribution in [0.4, 0.5) is 0 Å². The molecule has 0 aromatic rings. The van der Waals surface area contributed by atoms with Crippen molar-refractivity contribution in [3.63, 3.8) is 0 Å². The van der Waals surface area contributed by atoms with Gasteiger partial charge in [-0.05, 0) is 51.4 Å². The molecule has 10 nitrogen and oxygen atoms in total.